The monoisotopic (exact) mass is 267 g/mol. The van der Waals surface area contributed by atoms with Crippen LogP contribution in [0.2, 0.25) is 0 Å². The highest BCUT2D eigenvalue weighted by molar-refractivity contribution is 5.71. The van der Waals surface area contributed by atoms with E-state index < -0.39 is 24.6 Å². The molecule has 1 saturated carbocycles. The quantitative estimate of drug-likeness (QED) is 0.805. The molecule has 0 aromatic heterocycles. The number of hydrogen-bond donors (Lipinski definition) is 2. The molecule has 0 aliphatic heterocycles. The van der Waals surface area contributed by atoms with Crippen molar-refractivity contribution in [1.29, 1.82) is 0 Å². The fourth-order valence-corrected chi connectivity index (χ4v) is 2.31. The van der Waals surface area contributed by atoms with Gasteiger partial charge in [-0.25, -0.2) is 0 Å². The molecule has 1 aliphatic carbocycles. The van der Waals surface area contributed by atoms with E-state index in [-0.39, 0.29) is 0 Å². The molecule has 0 bridgehead atoms. The molecule has 1 atom stereocenters. The van der Waals surface area contributed by atoms with Crippen LogP contribution in [0.5, 0.6) is 0 Å². The Morgan fingerprint density at radius 2 is 1.89 bits per heavy atom. The first-order chi connectivity index (χ1) is 8.30. The predicted molar refractivity (Wildman–Crippen MR) is 61.2 cm³/mol. The van der Waals surface area contributed by atoms with Gasteiger partial charge in [0.05, 0.1) is 0 Å². The maximum absolute atomic E-state index is 12.4. The normalized spacial score (nSPS) is 26.9. The Morgan fingerprint density at radius 1 is 1.33 bits per heavy atom. The van der Waals surface area contributed by atoms with Crippen molar-refractivity contribution in [3.8, 4) is 0 Å². The summed E-state index contributed by atoms with van der Waals surface area (Å²) in [7, 11) is 0. The fourth-order valence-electron chi connectivity index (χ4n) is 2.31. The zero-order valence-corrected chi connectivity index (χ0v) is 10.5. The van der Waals surface area contributed by atoms with Crippen molar-refractivity contribution >= 4 is 5.97 Å². The van der Waals surface area contributed by atoms with Crippen molar-refractivity contribution in [3.05, 3.63) is 0 Å². The van der Waals surface area contributed by atoms with Crippen molar-refractivity contribution < 1.29 is 23.1 Å². The van der Waals surface area contributed by atoms with Gasteiger partial charge in [-0.05, 0) is 31.2 Å². The average molecular weight is 267 g/mol. The van der Waals surface area contributed by atoms with Crippen LogP contribution in [0.4, 0.5) is 13.2 Å². The minimum Gasteiger partial charge on any atom is -0.481 e. The summed E-state index contributed by atoms with van der Waals surface area (Å²) in [6.07, 6.45) is -0.447. The number of hydrogen-bond acceptors (Lipinski definition) is 2. The molecule has 18 heavy (non-hydrogen) atoms. The Bertz CT molecular complexity index is 273. The number of carboxylic acids is 1. The summed E-state index contributed by atoms with van der Waals surface area (Å²) in [4.78, 5) is 10.5. The number of alkyl halides is 3. The largest absolute Gasteiger partial charge is 0.481 e. The molecular weight excluding hydrogens is 247 g/mol. The van der Waals surface area contributed by atoms with Gasteiger partial charge >= 0.3 is 12.1 Å². The smallest absolute Gasteiger partial charge is 0.403 e. The molecule has 0 amide bonds. The summed E-state index contributed by atoms with van der Waals surface area (Å²) in [6.45, 7) is 2.12. The summed E-state index contributed by atoms with van der Waals surface area (Å²) < 4.78 is 37.1. The number of nitrogens with one attached hydrogen (secondary N) is 1. The summed E-state index contributed by atoms with van der Waals surface area (Å²) >= 11 is 0. The standard InChI is InChI=1S/C12H20F3NO2/c1-8-2-4-9(5-3-8)6-16-7-10(11(17)18)12(13,14)15/h8-10,16H,2-7H2,1H3,(H,17,18). The van der Waals surface area contributed by atoms with Gasteiger partial charge in [0.1, 0.15) is 0 Å². The Balaban J connectivity index is 2.29. The van der Waals surface area contributed by atoms with Crippen LogP contribution in [0.3, 0.4) is 0 Å². The van der Waals surface area contributed by atoms with E-state index in [1.165, 1.54) is 0 Å². The number of aliphatic carboxylic acids is 1. The lowest BCUT2D eigenvalue weighted by Gasteiger charge is -2.27. The first kappa shape index (κ1) is 15.3. The van der Waals surface area contributed by atoms with Crippen LogP contribution in [0.25, 0.3) is 0 Å². The lowest BCUT2D eigenvalue weighted by atomic mass is 9.83. The van der Waals surface area contributed by atoms with E-state index >= 15 is 0 Å². The van der Waals surface area contributed by atoms with E-state index in [0.29, 0.717) is 18.4 Å². The van der Waals surface area contributed by atoms with Gasteiger partial charge in [-0.15, -0.1) is 0 Å². The van der Waals surface area contributed by atoms with Crippen molar-refractivity contribution in [1.82, 2.24) is 5.32 Å². The Labute approximate surface area is 105 Å². The highest BCUT2D eigenvalue weighted by Gasteiger charge is 2.44. The van der Waals surface area contributed by atoms with Crippen LogP contribution in [0, 0.1) is 17.8 Å². The third-order valence-corrected chi connectivity index (χ3v) is 3.61. The lowest BCUT2D eigenvalue weighted by Crippen LogP contribution is -2.40. The predicted octanol–water partition coefficient (Wildman–Crippen LogP) is 2.67. The molecule has 0 radical (unpaired) electrons. The summed E-state index contributed by atoms with van der Waals surface area (Å²) in [5, 5.41) is 11.2. The fraction of sp³-hybridized carbons (Fsp3) is 0.917. The molecule has 1 rings (SSSR count). The van der Waals surface area contributed by atoms with Gasteiger partial charge in [-0.1, -0.05) is 19.8 Å². The van der Waals surface area contributed by atoms with Gasteiger partial charge in [0.2, 0.25) is 0 Å². The van der Waals surface area contributed by atoms with Gasteiger partial charge in [-0.2, -0.15) is 13.2 Å². The molecule has 0 spiro atoms. The van der Waals surface area contributed by atoms with E-state index in [2.05, 4.69) is 12.2 Å². The second kappa shape index (κ2) is 6.41. The minimum absolute atomic E-state index is 0.379. The van der Waals surface area contributed by atoms with Crippen LogP contribution in [0.15, 0.2) is 0 Å². The number of rotatable bonds is 5. The molecule has 0 aromatic carbocycles. The van der Waals surface area contributed by atoms with Crippen molar-refractivity contribution in [2.45, 2.75) is 38.8 Å². The maximum Gasteiger partial charge on any atom is 0.403 e. The second-order valence-corrected chi connectivity index (χ2v) is 5.22. The number of carboxylic acid groups (broad SMARTS) is 1. The van der Waals surface area contributed by atoms with E-state index in [0.717, 1.165) is 25.7 Å². The SMILES string of the molecule is CC1CCC(CNCC(C(=O)O)C(F)(F)F)CC1. The molecule has 0 saturated heterocycles. The van der Waals surface area contributed by atoms with Gasteiger partial charge in [0, 0.05) is 6.54 Å². The molecule has 1 aliphatic rings. The van der Waals surface area contributed by atoms with Crippen LogP contribution in [-0.4, -0.2) is 30.3 Å². The molecule has 0 aromatic rings. The van der Waals surface area contributed by atoms with Crippen LogP contribution < -0.4 is 5.32 Å². The molecule has 106 valence electrons. The zero-order valence-electron chi connectivity index (χ0n) is 10.5. The first-order valence-corrected chi connectivity index (χ1v) is 6.31. The summed E-state index contributed by atoms with van der Waals surface area (Å²) in [5.41, 5.74) is 0. The van der Waals surface area contributed by atoms with E-state index in [1.54, 1.807) is 0 Å². The average Bonchev–Trinajstić information content (AvgIpc) is 2.24. The van der Waals surface area contributed by atoms with Crippen LogP contribution in [-0.2, 0) is 4.79 Å². The molecule has 2 N–H and O–H groups in total. The molecule has 3 nitrogen and oxygen atoms in total. The molecular formula is C12H20F3NO2. The van der Waals surface area contributed by atoms with E-state index in [4.69, 9.17) is 5.11 Å². The Kier molecular flexibility index (Phi) is 5.44. The Morgan fingerprint density at radius 3 is 2.33 bits per heavy atom. The summed E-state index contributed by atoms with van der Waals surface area (Å²) in [6, 6.07) is 0. The lowest BCUT2D eigenvalue weighted by molar-refractivity contribution is -0.192. The molecule has 0 heterocycles. The van der Waals surface area contributed by atoms with Gasteiger partial charge in [0.15, 0.2) is 5.92 Å². The van der Waals surface area contributed by atoms with Gasteiger partial charge < -0.3 is 10.4 Å². The Hall–Kier alpha value is -0.780. The van der Waals surface area contributed by atoms with Crippen LogP contribution in [0.1, 0.15) is 32.6 Å². The van der Waals surface area contributed by atoms with Crippen molar-refractivity contribution in [2.24, 2.45) is 17.8 Å². The molecule has 6 heteroatoms. The van der Waals surface area contributed by atoms with Gasteiger partial charge in [0.25, 0.3) is 0 Å². The minimum atomic E-state index is -4.68. The second-order valence-electron chi connectivity index (χ2n) is 5.22. The third-order valence-electron chi connectivity index (χ3n) is 3.61. The van der Waals surface area contributed by atoms with Crippen molar-refractivity contribution in [2.75, 3.05) is 13.1 Å². The zero-order chi connectivity index (χ0) is 13.8. The topological polar surface area (TPSA) is 49.3 Å². The first-order valence-electron chi connectivity index (χ1n) is 6.31. The van der Waals surface area contributed by atoms with Crippen molar-refractivity contribution in [3.63, 3.8) is 0 Å². The third kappa shape index (κ3) is 4.84. The maximum atomic E-state index is 12.4. The number of carbonyl (C=O) groups is 1. The molecule has 1 fully saturated rings. The number of halogens is 3. The van der Waals surface area contributed by atoms with E-state index in [9.17, 15) is 18.0 Å². The van der Waals surface area contributed by atoms with Gasteiger partial charge in [-0.3, -0.25) is 4.79 Å². The highest BCUT2D eigenvalue weighted by atomic mass is 19.4. The molecule has 1 unspecified atom stereocenters. The van der Waals surface area contributed by atoms with E-state index in [1.807, 2.05) is 0 Å². The highest BCUT2D eigenvalue weighted by Crippen LogP contribution is 2.28. The van der Waals surface area contributed by atoms with Crippen LogP contribution >= 0.6 is 0 Å². The summed E-state index contributed by atoms with van der Waals surface area (Å²) in [5.74, 6) is -3.04.